The lowest BCUT2D eigenvalue weighted by molar-refractivity contribution is -0.136. The molecule has 0 aromatic rings. The Kier molecular flexibility index (Phi) is 4.82. The average molecular weight is 294 g/mol. The third-order valence-corrected chi connectivity index (χ3v) is 3.92. The molecular formula is C14H22N4O3. The number of likely N-dealkylation sites (N-methyl/N-ethyl adjacent to an activating group) is 1. The van der Waals surface area contributed by atoms with Gasteiger partial charge >= 0.3 is 0 Å². The summed E-state index contributed by atoms with van der Waals surface area (Å²) in [4.78, 5) is 39.1. The first-order chi connectivity index (χ1) is 9.99. The molecule has 0 saturated carbocycles. The maximum absolute atomic E-state index is 12.3. The molecule has 0 aromatic carbocycles. The van der Waals surface area contributed by atoms with Crippen LogP contribution in [0.3, 0.4) is 0 Å². The van der Waals surface area contributed by atoms with Gasteiger partial charge < -0.3 is 20.4 Å². The number of hydrogen-bond donors (Lipinski definition) is 2. The normalized spacial score (nSPS) is 25.5. The quantitative estimate of drug-likeness (QED) is 0.604. The maximum atomic E-state index is 12.3. The van der Waals surface area contributed by atoms with Crippen LogP contribution in [0.5, 0.6) is 0 Å². The summed E-state index contributed by atoms with van der Waals surface area (Å²) in [7, 11) is 1.54. The van der Waals surface area contributed by atoms with Crippen LogP contribution in [0.4, 0.5) is 0 Å². The van der Waals surface area contributed by atoms with Gasteiger partial charge in [0, 0.05) is 19.3 Å². The smallest absolute Gasteiger partial charge is 0.243 e. The number of nitrogens with zero attached hydrogens (tertiary/aromatic N) is 2. The van der Waals surface area contributed by atoms with Gasteiger partial charge in [0.25, 0.3) is 0 Å². The van der Waals surface area contributed by atoms with Gasteiger partial charge in [-0.15, -0.1) is 0 Å². The number of hydrogen-bond acceptors (Lipinski definition) is 4. The molecule has 2 aliphatic heterocycles. The van der Waals surface area contributed by atoms with Crippen molar-refractivity contribution in [2.24, 2.45) is 0 Å². The third-order valence-electron chi connectivity index (χ3n) is 3.92. The van der Waals surface area contributed by atoms with Crippen LogP contribution in [0.15, 0.2) is 12.3 Å². The molecule has 0 radical (unpaired) electrons. The predicted octanol–water partition coefficient (Wildman–Crippen LogP) is -0.941. The molecule has 2 aliphatic rings. The minimum atomic E-state index is -0.305. The van der Waals surface area contributed by atoms with Crippen molar-refractivity contribution in [3.05, 3.63) is 12.3 Å². The first-order valence-corrected chi connectivity index (χ1v) is 7.22. The van der Waals surface area contributed by atoms with Crippen LogP contribution >= 0.6 is 0 Å². The fourth-order valence-electron chi connectivity index (χ4n) is 2.66. The molecule has 2 N–H and O–H groups in total. The Morgan fingerprint density at radius 1 is 1.14 bits per heavy atom. The molecule has 1 unspecified atom stereocenters. The number of rotatable bonds is 0. The molecule has 0 aliphatic carbocycles. The Morgan fingerprint density at radius 3 is 2.67 bits per heavy atom. The van der Waals surface area contributed by atoms with Crippen molar-refractivity contribution in [3.8, 4) is 0 Å². The van der Waals surface area contributed by atoms with Crippen LogP contribution in [-0.4, -0.2) is 66.8 Å². The zero-order valence-corrected chi connectivity index (χ0v) is 12.4. The van der Waals surface area contributed by atoms with E-state index in [9.17, 15) is 14.4 Å². The van der Waals surface area contributed by atoms with Gasteiger partial charge in [-0.1, -0.05) is 6.58 Å². The number of nitrogens with one attached hydrogen (secondary N) is 2. The second-order valence-electron chi connectivity index (χ2n) is 5.52. The Hall–Kier alpha value is -2.05. The van der Waals surface area contributed by atoms with Crippen LogP contribution in [0.25, 0.3) is 0 Å². The molecule has 2 heterocycles. The number of amides is 3. The summed E-state index contributed by atoms with van der Waals surface area (Å²) in [6.07, 6.45) is 2.71. The second kappa shape index (κ2) is 6.60. The largest absolute Gasteiger partial charge is 0.362 e. The Bertz CT molecular complexity index is 463. The lowest BCUT2D eigenvalue weighted by Crippen LogP contribution is -2.53. The molecule has 7 heteroatoms. The first kappa shape index (κ1) is 15.3. The van der Waals surface area contributed by atoms with E-state index >= 15 is 0 Å². The van der Waals surface area contributed by atoms with Crippen molar-refractivity contribution in [1.29, 1.82) is 0 Å². The van der Waals surface area contributed by atoms with E-state index in [1.54, 1.807) is 7.05 Å². The van der Waals surface area contributed by atoms with Crippen molar-refractivity contribution in [1.82, 2.24) is 20.4 Å². The van der Waals surface area contributed by atoms with E-state index in [1.165, 1.54) is 4.90 Å². The van der Waals surface area contributed by atoms with Crippen LogP contribution in [0.2, 0.25) is 0 Å². The van der Waals surface area contributed by atoms with E-state index in [1.807, 2.05) is 4.90 Å². The maximum Gasteiger partial charge on any atom is 0.243 e. The molecule has 0 spiro atoms. The van der Waals surface area contributed by atoms with E-state index in [0.717, 1.165) is 31.5 Å². The first-order valence-electron chi connectivity index (χ1n) is 7.22. The molecule has 7 nitrogen and oxygen atoms in total. The number of piperidine rings is 1. The Morgan fingerprint density at radius 2 is 1.90 bits per heavy atom. The molecule has 2 fully saturated rings. The molecule has 1 atom stereocenters. The molecule has 2 saturated heterocycles. The highest BCUT2D eigenvalue weighted by Crippen LogP contribution is 2.20. The monoisotopic (exact) mass is 294 g/mol. The van der Waals surface area contributed by atoms with E-state index in [0.29, 0.717) is 6.54 Å². The summed E-state index contributed by atoms with van der Waals surface area (Å²) in [5, 5.41) is 5.41. The minimum Gasteiger partial charge on any atom is -0.362 e. The molecule has 116 valence electrons. The lowest BCUT2D eigenvalue weighted by atomic mass is 10.0. The predicted molar refractivity (Wildman–Crippen MR) is 77.1 cm³/mol. The number of carbonyl (C=O) groups is 3. The summed E-state index contributed by atoms with van der Waals surface area (Å²) < 4.78 is 0. The Labute approximate surface area is 124 Å². The van der Waals surface area contributed by atoms with Crippen molar-refractivity contribution < 1.29 is 14.4 Å². The van der Waals surface area contributed by atoms with Gasteiger partial charge in [-0.05, 0) is 19.3 Å². The molecule has 21 heavy (non-hydrogen) atoms. The average Bonchev–Trinajstić information content (AvgIpc) is 2.48. The highest BCUT2D eigenvalue weighted by molar-refractivity contribution is 5.90. The summed E-state index contributed by atoms with van der Waals surface area (Å²) >= 11 is 0. The van der Waals surface area contributed by atoms with E-state index in [4.69, 9.17) is 0 Å². The zero-order chi connectivity index (χ0) is 15.4. The van der Waals surface area contributed by atoms with Gasteiger partial charge in [0.05, 0.1) is 19.6 Å². The summed E-state index contributed by atoms with van der Waals surface area (Å²) in [6.45, 7) is 4.92. The van der Waals surface area contributed by atoms with Gasteiger partial charge in [-0.25, -0.2) is 0 Å². The van der Waals surface area contributed by atoms with Crippen molar-refractivity contribution in [2.45, 2.75) is 25.3 Å². The van der Waals surface area contributed by atoms with Gasteiger partial charge in [0.15, 0.2) is 0 Å². The highest BCUT2D eigenvalue weighted by Gasteiger charge is 2.30. The zero-order valence-electron chi connectivity index (χ0n) is 12.4. The standard InChI is InChI=1S/C14H22N4O3/c1-10-7-15-12(19)9-17(2)13(20)8-16-14(21)11-5-3-4-6-18(10)11/h11H,1,3-9H2,2H3,(H,15,19)(H,16,21). The Balaban J connectivity index is 2.15. The summed E-state index contributed by atoms with van der Waals surface area (Å²) in [5.41, 5.74) is 0.734. The molecule has 0 bridgehead atoms. The summed E-state index contributed by atoms with van der Waals surface area (Å²) in [6, 6.07) is -0.305. The fourth-order valence-corrected chi connectivity index (χ4v) is 2.66. The van der Waals surface area contributed by atoms with Crippen LogP contribution in [0, 0.1) is 0 Å². The van der Waals surface area contributed by atoms with Crippen LogP contribution in [0.1, 0.15) is 19.3 Å². The molecular weight excluding hydrogens is 272 g/mol. The van der Waals surface area contributed by atoms with Gasteiger partial charge in [-0.3, -0.25) is 14.4 Å². The number of carbonyl (C=O) groups excluding carboxylic acids is 3. The van der Waals surface area contributed by atoms with Crippen LogP contribution < -0.4 is 10.6 Å². The third kappa shape index (κ3) is 3.74. The minimum absolute atomic E-state index is 0.0224. The van der Waals surface area contributed by atoms with E-state index < -0.39 is 0 Å². The van der Waals surface area contributed by atoms with Crippen molar-refractivity contribution in [3.63, 3.8) is 0 Å². The van der Waals surface area contributed by atoms with Crippen molar-refractivity contribution >= 4 is 17.7 Å². The van der Waals surface area contributed by atoms with E-state index in [2.05, 4.69) is 17.2 Å². The van der Waals surface area contributed by atoms with Gasteiger partial charge in [0.1, 0.15) is 6.04 Å². The van der Waals surface area contributed by atoms with Crippen molar-refractivity contribution in [2.75, 3.05) is 33.2 Å². The van der Waals surface area contributed by atoms with Gasteiger partial charge in [0.2, 0.25) is 17.7 Å². The lowest BCUT2D eigenvalue weighted by Gasteiger charge is -2.38. The summed E-state index contributed by atoms with van der Waals surface area (Å²) in [5.74, 6) is -0.655. The molecule has 0 aromatic heterocycles. The van der Waals surface area contributed by atoms with Gasteiger partial charge in [-0.2, -0.15) is 0 Å². The highest BCUT2D eigenvalue weighted by atomic mass is 16.2. The number of fused-ring (bicyclic) bond motifs is 1. The van der Waals surface area contributed by atoms with Crippen LogP contribution in [-0.2, 0) is 14.4 Å². The fraction of sp³-hybridized carbons (Fsp3) is 0.643. The molecule has 3 amide bonds. The second-order valence-corrected chi connectivity index (χ2v) is 5.52. The topological polar surface area (TPSA) is 81.8 Å². The molecule has 2 rings (SSSR count). The van der Waals surface area contributed by atoms with E-state index in [-0.39, 0.29) is 36.9 Å². The SMILES string of the molecule is C=C1CNC(=O)CN(C)C(=O)CNC(=O)C2CCCCN12.